The number of aromatic nitrogens is 5. The zero-order valence-corrected chi connectivity index (χ0v) is 16.8. The van der Waals surface area contributed by atoms with Crippen LogP contribution in [0.5, 0.6) is 0 Å². The number of imidazole rings is 1. The van der Waals surface area contributed by atoms with Crippen LogP contribution in [0.3, 0.4) is 0 Å². The predicted molar refractivity (Wildman–Crippen MR) is 115 cm³/mol. The topological polar surface area (TPSA) is 60.6 Å². The third kappa shape index (κ3) is 5.31. The normalized spacial score (nSPS) is 11.1. The second kappa shape index (κ2) is 9.49. The summed E-state index contributed by atoms with van der Waals surface area (Å²) in [5.74, 6) is 0. The molecule has 148 valence electrons. The summed E-state index contributed by atoms with van der Waals surface area (Å²) in [6.07, 6.45) is 6.65. The smallest absolute Gasteiger partial charge is 0.117 e. The van der Waals surface area contributed by atoms with Crippen LogP contribution in [0.4, 0.5) is 0 Å². The highest BCUT2D eigenvalue weighted by Gasteiger charge is 2.13. The van der Waals surface area contributed by atoms with Gasteiger partial charge in [0.25, 0.3) is 0 Å². The van der Waals surface area contributed by atoms with Crippen LogP contribution in [0, 0.1) is 0 Å². The van der Waals surface area contributed by atoms with Crippen molar-refractivity contribution in [1.82, 2.24) is 29.9 Å². The van der Waals surface area contributed by atoms with E-state index in [9.17, 15) is 0 Å². The number of hydrogen-bond acceptors (Lipinski definition) is 4. The minimum Gasteiger partial charge on any atom is -0.337 e. The molecule has 6 nitrogen and oxygen atoms in total. The average Bonchev–Trinajstić information content (AvgIpc) is 3.40. The van der Waals surface area contributed by atoms with Crippen LogP contribution >= 0.6 is 11.6 Å². The summed E-state index contributed by atoms with van der Waals surface area (Å²) >= 11 is 5.99. The quantitative estimate of drug-likeness (QED) is 0.426. The molecule has 0 fully saturated rings. The molecule has 4 rings (SSSR count). The molecule has 7 heteroatoms. The van der Waals surface area contributed by atoms with E-state index in [1.165, 1.54) is 0 Å². The van der Waals surface area contributed by atoms with Crippen LogP contribution in [-0.4, -0.2) is 31.1 Å². The lowest BCUT2D eigenvalue weighted by molar-refractivity contribution is 0.558. The van der Waals surface area contributed by atoms with Crippen LogP contribution in [0.1, 0.15) is 17.7 Å². The van der Waals surface area contributed by atoms with Gasteiger partial charge in [-0.15, -0.1) is 0 Å². The van der Waals surface area contributed by atoms with Crippen LogP contribution in [-0.2, 0) is 19.6 Å². The summed E-state index contributed by atoms with van der Waals surface area (Å²) < 4.78 is 2.08. The van der Waals surface area contributed by atoms with Crippen LogP contribution in [0.25, 0.3) is 11.3 Å². The van der Waals surface area contributed by atoms with Gasteiger partial charge >= 0.3 is 0 Å². The van der Waals surface area contributed by atoms with E-state index < -0.39 is 0 Å². The number of nitrogens with one attached hydrogen (secondary N) is 1. The third-order valence-electron chi connectivity index (χ3n) is 4.63. The van der Waals surface area contributed by atoms with Gasteiger partial charge in [-0.2, -0.15) is 15.0 Å². The van der Waals surface area contributed by atoms with Gasteiger partial charge in [-0.3, -0.25) is 0 Å². The van der Waals surface area contributed by atoms with Crippen molar-refractivity contribution in [3.8, 4) is 11.3 Å². The molecule has 0 atom stereocenters. The number of halogens is 1. The number of nitrogens with zero attached hydrogens (tertiary/aromatic N) is 5. The standard InChI is InChI=1S/C22H23ClN6/c23-20-9-7-18(8-10-20)16-29-26-21(22(27-29)19-5-2-1-3-6-19)15-24-11-4-13-28-14-12-25-17-28/h1-3,5-10,12,14,17,24H,4,11,13,15-16H2. The summed E-state index contributed by atoms with van der Waals surface area (Å²) in [6.45, 7) is 3.13. The summed E-state index contributed by atoms with van der Waals surface area (Å²) in [5, 5.41) is 13.7. The molecule has 2 aromatic carbocycles. The van der Waals surface area contributed by atoms with Crippen LogP contribution < -0.4 is 5.32 Å². The van der Waals surface area contributed by atoms with E-state index in [1.807, 2.05) is 55.0 Å². The second-order valence-electron chi connectivity index (χ2n) is 6.85. The summed E-state index contributed by atoms with van der Waals surface area (Å²) in [6, 6.07) is 18.0. The van der Waals surface area contributed by atoms with Crippen molar-refractivity contribution in [3.63, 3.8) is 0 Å². The van der Waals surface area contributed by atoms with Gasteiger partial charge in [0.15, 0.2) is 0 Å². The zero-order valence-electron chi connectivity index (χ0n) is 16.1. The molecule has 0 saturated heterocycles. The molecule has 0 saturated carbocycles. The first-order valence-electron chi connectivity index (χ1n) is 9.68. The molecule has 29 heavy (non-hydrogen) atoms. The summed E-state index contributed by atoms with van der Waals surface area (Å²) in [7, 11) is 0. The number of rotatable bonds is 9. The molecule has 2 heterocycles. The first-order valence-corrected chi connectivity index (χ1v) is 10.1. The van der Waals surface area contributed by atoms with Crippen molar-refractivity contribution in [2.45, 2.75) is 26.1 Å². The molecule has 0 bridgehead atoms. The number of hydrogen-bond donors (Lipinski definition) is 1. The summed E-state index contributed by atoms with van der Waals surface area (Å²) in [5.41, 5.74) is 4.06. The predicted octanol–water partition coefficient (Wildman–Crippen LogP) is 4.02. The van der Waals surface area contributed by atoms with Gasteiger partial charge in [0, 0.05) is 36.1 Å². The van der Waals surface area contributed by atoms with E-state index >= 15 is 0 Å². The Morgan fingerprint density at radius 1 is 0.966 bits per heavy atom. The van der Waals surface area contributed by atoms with E-state index in [4.69, 9.17) is 21.8 Å². The molecule has 4 aromatic rings. The Kier molecular flexibility index (Phi) is 6.34. The van der Waals surface area contributed by atoms with E-state index in [2.05, 4.69) is 27.0 Å². The molecule has 1 N–H and O–H groups in total. The van der Waals surface area contributed by atoms with Crippen molar-refractivity contribution >= 4 is 11.6 Å². The number of aryl methyl sites for hydroxylation is 1. The lowest BCUT2D eigenvalue weighted by Gasteiger charge is -2.05. The van der Waals surface area contributed by atoms with Gasteiger partial charge in [0.05, 0.1) is 12.9 Å². The number of benzene rings is 2. The zero-order chi connectivity index (χ0) is 19.9. The highest BCUT2D eigenvalue weighted by Crippen LogP contribution is 2.20. The van der Waals surface area contributed by atoms with E-state index in [1.54, 1.807) is 11.0 Å². The van der Waals surface area contributed by atoms with Crippen molar-refractivity contribution < 1.29 is 0 Å². The first kappa shape index (κ1) is 19.4. The fourth-order valence-electron chi connectivity index (χ4n) is 3.16. The highest BCUT2D eigenvalue weighted by molar-refractivity contribution is 6.30. The van der Waals surface area contributed by atoms with Gasteiger partial charge in [-0.25, -0.2) is 4.98 Å². The van der Waals surface area contributed by atoms with Gasteiger partial charge in [0.1, 0.15) is 11.4 Å². The van der Waals surface area contributed by atoms with Crippen molar-refractivity contribution in [2.24, 2.45) is 0 Å². The lowest BCUT2D eigenvalue weighted by atomic mass is 10.1. The fourth-order valence-corrected chi connectivity index (χ4v) is 3.28. The van der Waals surface area contributed by atoms with Gasteiger partial charge in [-0.05, 0) is 30.7 Å². The second-order valence-corrected chi connectivity index (χ2v) is 7.29. The fraction of sp³-hybridized carbons (Fsp3) is 0.227. The van der Waals surface area contributed by atoms with E-state index in [-0.39, 0.29) is 0 Å². The Morgan fingerprint density at radius 3 is 2.55 bits per heavy atom. The molecule has 0 amide bonds. The molecular formula is C22H23ClN6. The first-order chi connectivity index (χ1) is 14.3. The monoisotopic (exact) mass is 406 g/mol. The molecule has 0 aliphatic carbocycles. The minimum absolute atomic E-state index is 0.609. The minimum atomic E-state index is 0.609. The Bertz CT molecular complexity index is 1010. The van der Waals surface area contributed by atoms with Gasteiger partial charge < -0.3 is 9.88 Å². The van der Waals surface area contributed by atoms with Crippen molar-refractivity contribution in [3.05, 3.63) is 89.6 Å². The van der Waals surface area contributed by atoms with E-state index in [0.29, 0.717) is 13.1 Å². The molecule has 0 radical (unpaired) electrons. The Balaban J connectivity index is 1.43. The molecule has 2 aromatic heterocycles. The molecule has 0 spiro atoms. The summed E-state index contributed by atoms with van der Waals surface area (Å²) in [4.78, 5) is 5.83. The molecule has 0 unspecified atom stereocenters. The largest absolute Gasteiger partial charge is 0.337 e. The SMILES string of the molecule is Clc1ccc(Cn2nc(CNCCCn3ccnc3)c(-c3ccccc3)n2)cc1. The molecule has 0 aliphatic heterocycles. The maximum atomic E-state index is 5.99. The van der Waals surface area contributed by atoms with Crippen molar-refractivity contribution in [2.75, 3.05) is 6.54 Å². The lowest BCUT2D eigenvalue weighted by Crippen LogP contribution is -2.17. The maximum Gasteiger partial charge on any atom is 0.117 e. The third-order valence-corrected chi connectivity index (χ3v) is 4.88. The van der Waals surface area contributed by atoms with Crippen molar-refractivity contribution in [1.29, 1.82) is 0 Å². The Morgan fingerprint density at radius 2 is 1.79 bits per heavy atom. The Labute approximate surface area is 175 Å². The van der Waals surface area contributed by atoms with Crippen LogP contribution in [0.15, 0.2) is 73.3 Å². The van der Waals surface area contributed by atoms with Crippen LogP contribution in [0.2, 0.25) is 5.02 Å². The maximum absolute atomic E-state index is 5.99. The molecular weight excluding hydrogens is 384 g/mol. The van der Waals surface area contributed by atoms with Gasteiger partial charge in [-0.1, -0.05) is 54.1 Å². The van der Waals surface area contributed by atoms with E-state index in [0.717, 1.165) is 47.0 Å². The van der Waals surface area contributed by atoms with Gasteiger partial charge in [0.2, 0.25) is 0 Å². The Hall–Kier alpha value is -2.96. The highest BCUT2D eigenvalue weighted by atomic mass is 35.5. The molecule has 0 aliphatic rings. The average molecular weight is 407 g/mol.